The normalized spacial score (nSPS) is 10.8. The minimum Gasteiger partial charge on any atom is -0.378 e. The lowest BCUT2D eigenvalue weighted by atomic mass is 10.2. The molecule has 0 unspecified atom stereocenters. The first-order valence-corrected chi connectivity index (χ1v) is 6.77. The number of benzene rings is 1. The van der Waals surface area contributed by atoms with Crippen molar-refractivity contribution in [2.45, 2.75) is 32.6 Å². The fourth-order valence-electron chi connectivity index (χ4n) is 1.67. The van der Waals surface area contributed by atoms with Crippen molar-refractivity contribution in [3.05, 3.63) is 29.8 Å². The topological polar surface area (TPSA) is 27.6 Å². The largest absolute Gasteiger partial charge is 0.378 e. The Morgan fingerprint density at radius 3 is 2.44 bits per heavy atom. The average Bonchev–Trinajstić information content (AvgIpc) is 2.38. The summed E-state index contributed by atoms with van der Waals surface area (Å²) < 4.78 is 0. The highest BCUT2D eigenvalue weighted by Crippen LogP contribution is 2.10. The predicted octanol–water partition coefficient (Wildman–Crippen LogP) is 3.26. The Hall–Kier alpha value is -1.51. The SMILES string of the molecule is CCCCCCNN=Cc1ccc(N(C)C)cc1. The molecule has 0 aliphatic rings. The molecule has 0 bridgehead atoms. The standard InChI is InChI=1S/C15H25N3/c1-4-5-6-7-12-16-17-13-14-8-10-15(11-9-14)18(2)3/h8-11,13,16H,4-7,12H2,1-3H3. The molecule has 0 spiro atoms. The van der Waals surface area contributed by atoms with Crippen LogP contribution in [0.3, 0.4) is 0 Å². The van der Waals surface area contributed by atoms with Crippen molar-refractivity contribution in [2.24, 2.45) is 5.10 Å². The van der Waals surface area contributed by atoms with Gasteiger partial charge in [0.2, 0.25) is 0 Å². The summed E-state index contributed by atoms with van der Waals surface area (Å²) in [5.41, 5.74) is 5.42. The molecule has 100 valence electrons. The third-order valence-corrected chi connectivity index (χ3v) is 2.86. The highest BCUT2D eigenvalue weighted by atomic mass is 15.3. The molecule has 0 aromatic heterocycles. The predicted molar refractivity (Wildman–Crippen MR) is 80.5 cm³/mol. The van der Waals surface area contributed by atoms with E-state index in [0.717, 1.165) is 12.1 Å². The lowest BCUT2D eigenvalue weighted by Gasteiger charge is -2.11. The summed E-state index contributed by atoms with van der Waals surface area (Å²) in [5.74, 6) is 0. The second kappa shape index (κ2) is 8.56. The number of hydrogen-bond donors (Lipinski definition) is 1. The third-order valence-electron chi connectivity index (χ3n) is 2.86. The van der Waals surface area contributed by atoms with Crippen LogP contribution in [0.25, 0.3) is 0 Å². The van der Waals surface area contributed by atoms with Crippen LogP contribution >= 0.6 is 0 Å². The van der Waals surface area contributed by atoms with E-state index in [1.165, 1.54) is 31.4 Å². The zero-order chi connectivity index (χ0) is 13.2. The number of anilines is 1. The summed E-state index contributed by atoms with van der Waals surface area (Å²) in [5, 5.41) is 4.23. The van der Waals surface area contributed by atoms with Crippen LogP contribution in [0.15, 0.2) is 29.4 Å². The first-order chi connectivity index (χ1) is 8.74. The van der Waals surface area contributed by atoms with Crippen LogP contribution in [-0.4, -0.2) is 26.9 Å². The summed E-state index contributed by atoms with van der Waals surface area (Å²) in [6, 6.07) is 8.36. The highest BCUT2D eigenvalue weighted by Gasteiger charge is 1.93. The number of rotatable bonds is 8. The molecule has 1 N–H and O–H groups in total. The summed E-state index contributed by atoms with van der Waals surface area (Å²) in [4.78, 5) is 2.09. The molecule has 1 aromatic carbocycles. The van der Waals surface area contributed by atoms with Gasteiger partial charge in [0.15, 0.2) is 0 Å². The Morgan fingerprint density at radius 1 is 1.11 bits per heavy atom. The molecule has 1 aromatic rings. The second-order valence-corrected chi connectivity index (χ2v) is 4.71. The minimum atomic E-state index is 0.965. The van der Waals surface area contributed by atoms with Gasteiger partial charge in [-0.2, -0.15) is 5.10 Å². The van der Waals surface area contributed by atoms with Crippen molar-refractivity contribution in [1.82, 2.24) is 5.43 Å². The molecule has 0 amide bonds. The van der Waals surface area contributed by atoms with Crippen LogP contribution in [0, 0.1) is 0 Å². The van der Waals surface area contributed by atoms with Gasteiger partial charge in [-0.1, -0.05) is 38.3 Å². The molecule has 0 aliphatic carbocycles. The third kappa shape index (κ3) is 5.71. The van der Waals surface area contributed by atoms with E-state index in [0.29, 0.717) is 0 Å². The number of hydrazone groups is 1. The maximum Gasteiger partial charge on any atom is 0.0540 e. The molecule has 0 saturated heterocycles. The Morgan fingerprint density at radius 2 is 1.83 bits per heavy atom. The van der Waals surface area contributed by atoms with E-state index in [9.17, 15) is 0 Å². The van der Waals surface area contributed by atoms with Crippen LogP contribution in [0.2, 0.25) is 0 Å². The van der Waals surface area contributed by atoms with Crippen LogP contribution in [0.5, 0.6) is 0 Å². The van der Waals surface area contributed by atoms with Crippen LogP contribution in [0.1, 0.15) is 38.2 Å². The lowest BCUT2D eigenvalue weighted by molar-refractivity contribution is 0.616. The van der Waals surface area contributed by atoms with Gasteiger partial charge in [0, 0.05) is 26.3 Å². The van der Waals surface area contributed by atoms with E-state index in [-0.39, 0.29) is 0 Å². The zero-order valence-electron chi connectivity index (χ0n) is 11.8. The fourth-order valence-corrected chi connectivity index (χ4v) is 1.67. The van der Waals surface area contributed by atoms with Gasteiger partial charge in [0.05, 0.1) is 6.21 Å². The van der Waals surface area contributed by atoms with E-state index in [2.05, 4.69) is 46.6 Å². The summed E-state index contributed by atoms with van der Waals surface area (Å²) in [6.07, 6.45) is 6.96. The molecule has 0 atom stereocenters. The van der Waals surface area contributed by atoms with Crippen LogP contribution in [0.4, 0.5) is 5.69 Å². The van der Waals surface area contributed by atoms with Gasteiger partial charge in [0.1, 0.15) is 0 Å². The summed E-state index contributed by atoms with van der Waals surface area (Å²) in [6.45, 7) is 3.19. The number of unbranched alkanes of at least 4 members (excludes halogenated alkanes) is 3. The maximum atomic E-state index is 4.23. The Kier molecular flexibility index (Phi) is 6.92. The monoisotopic (exact) mass is 247 g/mol. The van der Waals surface area contributed by atoms with Crippen molar-refractivity contribution in [2.75, 3.05) is 25.5 Å². The molecular weight excluding hydrogens is 222 g/mol. The van der Waals surface area contributed by atoms with Gasteiger partial charge in [-0.05, 0) is 24.1 Å². The molecule has 0 aliphatic heterocycles. The Bertz CT molecular complexity index is 341. The van der Waals surface area contributed by atoms with Gasteiger partial charge >= 0.3 is 0 Å². The number of hydrogen-bond acceptors (Lipinski definition) is 3. The van der Waals surface area contributed by atoms with Gasteiger partial charge in [-0.25, -0.2) is 0 Å². The van der Waals surface area contributed by atoms with Crippen LogP contribution < -0.4 is 10.3 Å². The summed E-state index contributed by atoms with van der Waals surface area (Å²) >= 11 is 0. The molecule has 0 heterocycles. The van der Waals surface area contributed by atoms with Crippen molar-refractivity contribution in [3.63, 3.8) is 0 Å². The molecule has 0 radical (unpaired) electrons. The molecular formula is C15H25N3. The first-order valence-electron chi connectivity index (χ1n) is 6.77. The smallest absolute Gasteiger partial charge is 0.0540 e. The number of nitrogens with zero attached hydrogens (tertiary/aromatic N) is 2. The zero-order valence-corrected chi connectivity index (χ0v) is 11.8. The lowest BCUT2D eigenvalue weighted by Crippen LogP contribution is -2.09. The van der Waals surface area contributed by atoms with E-state index in [1.807, 2.05) is 20.3 Å². The van der Waals surface area contributed by atoms with Crippen molar-refractivity contribution in [1.29, 1.82) is 0 Å². The van der Waals surface area contributed by atoms with E-state index in [4.69, 9.17) is 0 Å². The van der Waals surface area contributed by atoms with Crippen molar-refractivity contribution in [3.8, 4) is 0 Å². The van der Waals surface area contributed by atoms with Gasteiger partial charge in [0.25, 0.3) is 0 Å². The fraction of sp³-hybridized carbons (Fsp3) is 0.533. The quantitative estimate of drug-likeness (QED) is 0.434. The van der Waals surface area contributed by atoms with E-state index >= 15 is 0 Å². The molecule has 1 rings (SSSR count). The minimum absolute atomic E-state index is 0.965. The Labute approximate surface area is 111 Å². The molecule has 0 saturated carbocycles. The van der Waals surface area contributed by atoms with Gasteiger partial charge in [-0.15, -0.1) is 0 Å². The first kappa shape index (κ1) is 14.6. The number of nitrogens with one attached hydrogen (secondary N) is 1. The summed E-state index contributed by atoms with van der Waals surface area (Å²) in [7, 11) is 4.09. The Balaban J connectivity index is 2.25. The average molecular weight is 247 g/mol. The van der Waals surface area contributed by atoms with Crippen molar-refractivity contribution < 1.29 is 0 Å². The van der Waals surface area contributed by atoms with Gasteiger partial charge in [-0.3, -0.25) is 0 Å². The van der Waals surface area contributed by atoms with Crippen LogP contribution in [-0.2, 0) is 0 Å². The second-order valence-electron chi connectivity index (χ2n) is 4.71. The van der Waals surface area contributed by atoms with E-state index < -0.39 is 0 Å². The highest BCUT2D eigenvalue weighted by molar-refractivity contribution is 5.80. The van der Waals surface area contributed by atoms with E-state index in [1.54, 1.807) is 0 Å². The van der Waals surface area contributed by atoms with Crippen molar-refractivity contribution >= 4 is 11.9 Å². The molecule has 18 heavy (non-hydrogen) atoms. The molecule has 3 heteroatoms. The maximum absolute atomic E-state index is 4.23. The van der Waals surface area contributed by atoms with Gasteiger partial charge < -0.3 is 10.3 Å². The molecule has 3 nitrogen and oxygen atoms in total. The molecule has 0 fully saturated rings.